The highest BCUT2D eigenvalue weighted by molar-refractivity contribution is 5.84. The molecule has 4 rings (SSSR count). The molecule has 0 aliphatic rings. The van der Waals surface area contributed by atoms with Crippen molar-refractivity contribution < 1.29 is 0 Å². The summed E-state index contributed by atoms with van der Waals surface area (Å²) in [5, 5.41) is 9.07. The molecule has 0 spiro atoms. The zero-order chi connectivity index (χ0) is 14.9. The molecule has 3 aromatic heterocycles. The number of aryl methyl sites for hydroxylation is 1. The summed E-state index contributed by atoms with van der Waals surface area (Å²) in [4.78, 5) is 7.44. The van der Waals surface area contributed by atoms with Crippen molar-refractivity contribution in [2.24, 2.45) is 0 Å². The maximum atomic E-state index is 4.62. The second kappa shape index (κ2) is 5.04. The molecule has 0 amide bonds. The van der Waals surface area contributed by atoms with Gasteiger partial charge in [0.15, 0.2) is 0 Å². The molecular formula is C17H15N5. The van der Waals surface area contributed by atoms with Crippen molar-refractivity contribution in [3.63, 3.8) is 0 Å². The summed E-state index contributed by atoms with van der Waals surface area (Å²) in [6.07, 6.45) is 5.68. The van der Waals surface area contributed by atoms with Crippen LogP contribution in [-0.2, 0) is 0 Å². The quantitative estimate of drug-likeness (QED) is 0.603. The molecule has 108 valence electrons. The first-order valence-corrected chi connectivity index (χ1v) is 7.12. The molecule has 1 aromatic carbocycles. The summed E-state index contributed by atoms with van der Waals surface area (Å²) in [7, 11) is 0. The van der Waals surface area contributed by atoms with Crippen LogP contribution >= 0.6 is 0 Å². The summed E-state index contributed by atoms with van der Waals surface area (Å²) in [6, 6.07) is 14.1. The van der Waals surface area contributed by atoms with Crippen molar-refractivity contribution in [3.05, 3.63) is 66.7 Å². The van der Waals surface area contributed by atoms with Crippen LogP contribution < -0.4 is 5.32 Å². The highest BCUT2D eigenvalue weighted by Gasteiger charge is 2.10. The standard InChI is InChI=1S/C17H15N5/c1-12-15(20-13-5-3-2-4-6-13)11-22(21-12)16-8-10-19-17-14(16)7-9-18-17/h2-11,20H,1H3,(H,18,19). The van der Waals surface area contributed by atoms with Crippen molar-refractivity contribution in [2.45, 2.75) is 6.92 Å². The number of para-hydroxylation sites is 1. The van der Waals surface area contributed by atoms with Crippen LogP contribution in [-0.4, -0.2) is 19.7 Å². The number of aromatic amines is 1. The van der Waals surface area contributed by atoms with Gasteiger partial charge in [-0.2, -0.15) is 5.10 Å². The van der Waals surface area contributed by atoms with Crippen molar-refractivity contribution in [2.75, 3.05) is 5.32 Å². The topological polar surface area (TPSA) is 58.5 Å². The highest BCUT2D eigenvalue weighted by Crippen LogP contribution is 2.24. The molecule has 5 heteroatoms. The third-order valence-electron chi connectivity index (χ3n) is 3.64. The molecule has 0 saturated heterocycles. The molecule has 22 heavy (non-hydrogen) atoms. The molecule has 0 aliphatic heterocycles. The maximum Gasteiger partial charge on any atom is 0.139 e. The van der Waals surface area contributed by atoms with E-state index in [1.54, 1.807) is 6.20 Å². The molecule has 0 fully saturated rings. The number of aromatic nitrogens is 4. The molecule has 2 N–H and O–H groups in total. The van der Waals surface area contributed by atoms with Crippen LogP contribution in [0.15, 0.2) is 61.1 Å². The predicted octanol–water partition coefficient (Wildman–Crippen LogP) is 3.80. The molecule has 0 unspecified atom stereocenters. The summed E-state index contributed by atoms with van der Waals surface area (Å²) in [6.45, 7) is 2.00. The number of nitrogens with zero attached hydrogens (tertiary/aromatic N) is 3. The number of hydrogen-bond acceptors (Lipinski definition) is 3. The minimum Gasteiger partial charge on any atom is -0.353 e. The summed E-state index contributed by atoms with van der Waals surface area (Å²) >= 11 is 0. The molecule has 0 radical (unpaired) electrons. The predicted molar refractivity (Wildman–Crippen MR) is 87.7 cm³/mol. The zero-order valence-corrected chi connectivity index (χ0v) is 12.1. The SMILES string of the molecule is Cc1nn(-c2ccnc3[nH]ccc23)cc1Nc1ccccc1. The molecule has 4 aromatic rings. The van der Waals surface area contributed by atoms with Gasteiger partial charge in [0, 0.05) is 23.5 Å². The van der Waals surface area contributed by atoms with Crippen LogP contribution in [0.4, 0.5) is 11.4 Å². The Labute approximate surface area is 127 Å². The van der Waals surface area contributed by atoms with Gasteiger partial charge in [-0.25, -0.2) is 9.67 Å². The second-order valence-corrected chi connectivity index (χ2v) is 5.13. The number of anilines is 2. The van der Waals surface area contributed by atoms with E-state index in [0.29, 0.717) is 0 Å². The summed E-state index contributed by atoms with van der Waals surface area (Å²) < 4.78 is 1.89. The van der Waals surface area contributed by atoms with Gasteiger partial charge < -0.3 is 10.3 Å². The molecular weight excluding hydrogens is 274 g/mol. The first kappa shape index (κ1) is 12.6. The Kier molecular flexibility index (Phi) is 2.89. The van der Waals surface area contributed by atoms with E-state index in [2.05, 4.69) is 20.4 Å². The summed E-state index contributed by atoms with van der Waals surface area (Å²) in [5.41, 5.74) is 4.86. The molecule has 0 saturated carbocycles. The Morgan fingerprint density at radius 2 is 1.95 bits per heavy atom. The second-order valence-electron chi connectivity index (χ2n) is 5.13. The lowest BCUT2D eigenvalue weighted by molar-refractivity contribution is 0.868. The van der Waals surface area contributed by atoms with E-state index in [1.165, 1.54) is 0 Å². The smallest absolute Gasteiger partial charge is 0.139 e. The minimum absolute atomic E-state index is 0.864. The van der Waals surface area contributed by atoms with Crippen LogP contribution in [0.2, 0.25) is 0 Å². The minimum atomic E-state index is 0.864. The van der Waals surface area contributed by atoms with E-state index in [4.69, 9.17) is 0 Å². The Bertz CT molecular complexity index is 921. The van der Waals surface area contributed by atoms with Gasteiger partial charge in [-0.3, -0.25) is 0 Å². The van der Waals surface area contributed by atoms with Gasteiger partial charge in [0.2, 0.25) is 0 Å². The van der Waals surface area contributed by atoms with Crippen LogP contribution in [0, 0.1) is 6.92 Å². The maximum absolute atomic E-state index is 4.62. The lowest BCUT2D eigenvalue weighted by Crippen LogP contribution is -1.96. The van der Waals surface area contributed by atoms with Crippen LogP contribution in [0.25, 0.3) is 16.7 Å². The van der Waals surface area contributed by atoms with Crippen LogP contribution in [0.1, 0.15) is 5.69 Å². The number of fused-ring (bicyclic) bond motifs is 1. The van der Waals surface area contributed by atoms with Gasteiger partial charge in [-0.1, -0.05) is 18.2 Å². The molecule has 0 aliphatic carbocycles. The molecule has 3 heterocycles. The fourth-order valence-electron chi connectivity index (χ4n) is 2.53. The first-order chi connectivity index (χ1) is 10.8. The van der Waals surface area contributed by atoms with Gasteiger partial charge in [0.25, 0.3) is 0 Å². The van der Waals surface area contributed by atoms with Gasteiger partial charge >= 0.3 is 0 Å². The van der Waals surface area contributed by atoms with E-state index in [-0.39, 0.29) is 0 Å². The number of hydrogen-bond donors (Lipinski definition) is 2. The number of rotatable bonds is 3. The van der Waals surface area contributed by atoms with E-state index in [1.807, 2.05) is 66.5 Å². The Morgan fingerprint density at radius 1 is 1.09 bits per heavy atom. The number of benzene rings is 1. The van der Waals surface area contributed by atoms with Gasteiger partial charge in [0.05, 0.1) is 23.3 Å². The molecule has 5 nitrogen and oxygen atoms in total. The lowest BCUT2D eigenvalue weighted by Gasteiger charge is -2.04. The first-order valence-electron chi connectivity index (χ1n) is 7.12. The third kappa shape index (κ3) is 2.13. The lowest BCUT2D eigenvalue weighted by atomic mass is 10.3. The zero-order valence-electron chi connectivity index (χ0n) is 12.1. The Morgan fingerprint density at radius 3 is 2.82 bits per heavy atom. The van der Waals surface area contributed by atoms with E-state index in [9.17, 15) is 0 Å². The van der Waals surface area contributed by atoms with Crippen molar-refractivity contribution in [1.82, 2.24) is 19.7 Å². The van der Waals surface area contributed by atoms with Crippen molar-refractivity contribution >= 4 is 22.4 Å². The number of nitrogens with one attached hydrogen (secondary N) is 2. The van der Waals surface area contributed by atoms with Crippen molar-refractivity contribution in [1.29, 1.82) is 0 Å². The van der Waals surface area contributed by atoms with Crippen LogP contribution in [0.3, 0.4) is 0 Å². The number of pyridine rings is 1. The normalized spacial score (nSPS) is 11.0. The average Bonchev–Trinajstić information content (AvgIpc) is 3.15. The number of H-pyrrole nitrogens is 1. The van der Waals surface area contributed by atoms with E-state index in [0.717, 1.165) is 33.8 Å². The fourth-order valence-corrected chi connectivity index (χ4v) is 2.53. The highest BCUT2D eigenvalue weighted by atomic mass is 15.3. The average molecular weight is 289 g/mol. The molecule has 0 atom stereocenters. The largest absolute Gasteiger partial charge is 0.353 e. The Balaban J connectivity index is 1.75. The van der Waals surface area contributed by atoms with Crippen molar-refractivity contribution in [3.8, 4) is 5.69 Å². The van der Waals surface area contributed by atoms with E-state index >= 15 is 0 Å². The van der Waals surface area contributed by atoms with Crippen LogP contribution in [0.5, 0.6) is 0 Å². The monoisotopic (exact) mass is 289 g/mol. The van der Waals surface area contributed by atoms with Gasteiger partial charge in [0.1, 0.15) is 5.65 Å². The Hall–Kier alpha value is -3.08. The molecule has 0 bridgehead atoms. The van der Waals surface area contributed by atoms with E-state index < -0.39 is 0 Å². The third-order valence-corrected chi connectivity index (χ3v) is 3.64. The summed E-state index contributed by atoms with van der Waals surface area (Å²) in [5.74, 6) is 0. The van der Waals surface area contributed by atoms with Gasteiger partial charge in [-0.05, 0) is 31.2 Å². The van der Waals surface area contributed by atoms with Gasteiger partial charge in [-0.15, -0.1) is 0 Å². The fraction of sp³-hybridized carbons (Fsp3) is 0.0588.